The van der Waals surface area contributed by atoms with Gasteiger partial charge in [-0.3, -0.25) is 4.79 Å². The molecule has 1 amide bonds. The first-order chi connectivity index (χ1) is 22.3. The molecule has 3 N–H and O–H groups in total. The molecule has 0 aliphatic carbocycles. The Bertz CT molecular complexity index is 1570. The Labute approximate surface area is 275 Å². The van der Waals surface area contributed by atoms with Gasteiger partial charge in [-0.15, -0.1) is 0 Å². The maximum absolute atomic E-state index is 12.5. The first-order valence-corrected chi connectivity index (χ1v) is 16.3. The molecule has 2 heterocycles. The summed E-state index contributed by atoms with van der Waals surface area (Å²) in [5.74, 6) is -0.0550. The lowest BCUT2D eigenvalue weighted by molar-refractivity contribution is -0.277. The number of aliphatic hydroxyl groups excluding tert-OH is 1. The smallest absolute Gasteiger partial charge is 0.251 e. The molecule has 2 saturated heterocycles. The molecule has 0 spiro atoms. The predicted molar refractivity (Wildman–Crippen MR) is 178 cm³/mol. The summed E-state index contributed by atoms with van der Waals surface area (Å²) < 4.78 is 13.3. The summed E-state index contributed by atoms with van der Waals surface area (Å²) in [7, 11) is 0. The molecule has 0 unspecified atom stereocenters. The van der Waals surface area contributed by atoms with Crippen molar-refractivity contribution < 1.29 is 24.5 Å². The number of piperidine rings is 1. The third kappa shape index (κ3) is 7.52. The highest BCUT2D eigenvalue weighted by Gasteiger charge is 2.41. The van der Waals surface area contributed by atoms with Crippen molar-refractivity contribution in [2.75, 3.05) is 19.6 Å². The van der Waals surface area contributed by atoms with Gasteiger partial charge >= 0.3 is 0 Å². The molecule has 0 saturated carbocycles. The minimum atomic E-state index is -0.870. The minimum Gasteiger partial charge on any atom is -0.392 e. The van der Waals surface area contributed by atoms with Crippen LogP contribution in [0.2, 0.25) is 5.02 Å². The Balaban J connectivity index is 1.15. The van der Waals surface area contributed by atoms with Crippen molar-refractivity contribution in [3.63, 3.8) is 0 Å². The molecule has 4 aromatic carbocycles. The molecule has 46 heavy (non-hydrogen) atoms. The zero-order chi connectivity index (χ0) is 32.1. The average molecular weight is 641 g/mol. The SMILES string of the molecule is C[C@@H]1[C@H](CN2CCC(O)(c3ccc(Cl)cc3)CC2)O[C@H](c2ccc(CNC(=O)c3ccccc3)cc2)O[C@@H]1c1ccc(CO)cc1. The highest BCUT2D eigenvalue weighted by Crippen LogP contribution is 2.42. The number of benzene rings is 4. The zero-order valence-electron chi connectivity index (χ0n) is 26.0. The molecule has 0 aromatic heterocycles. The maximum Gasteiger partial charge on any atom is 0.251 e. The van der Waals surface area contributed by atoms with Crippen LogP contribution in [0.5, 0.6) is 0 Å². The van der Waals surface area contributed by atoms with Crippen molar-refractivity contribution in [1.82, 2.24) is 10.2 Å². The molecule has 2 aliphatic rings. The van der Waals surface area contributed by atoms with Crippen LogP contribution in [0, 0.1) is 5.92 Å². The molecule has 4 atom stereocenters. The molecule has 2 fully saturated rings. The van der Waals surface area contributed by atoms with E-state index in [0.29, 0.717) is 36.5 Å². The van der Waals surface area contributed by atoms with Crippen molar-refractivity contribution >= 4 is 17.5 Å². The van der Waals surface area contributed by atoms with Crippen molar-refractivity contribution in [3.05, 3.63) is 142 Å². The number of halogens is 1. The molecule has 6 rings (SSSR count). The number of carbonyl (C=O) groups excluding carboxylic acids is 1. The second-order valence-corrected chi connectivity index (χ2v) is 12.9. The van der Waals surface area contributed by atoms with Gasteiger partial charge in [-0.1, -0.05) is 97.4 Å². The fourth-order valence-corrected chi connectivity index (χ4v) is 6.53. The van der Waals surface area contributed by atoms with E-state index in [4.69, 9.17) is 21.1 Å². The molecule has 7 nitrogen and oxygen atoms in total. The Morgan fingerprint density at radius 1 is 0.870 bits per heavy atom. The van der Waals surface area contributed by atoms with E-state index in [-0.39, 0.29) is 30.6 Å². The van der Waals surface area contributed by atoms with Gasteiger partial charge in [-0.25, -0.2) is 0 Å². The van der Waals surface area contributed by atoms with Crippen LogP contribution < -0.4 is 5.32 Å². The quantitative estimate of drug-likeness (QED) is 0.193. The predicted octanol–water partition coefficient (Wildman–Crippen LogP) is 6.54. The van der Waals surface area contributed by atoms with Gasteiger partial charge in [0.1, 0.15) is 0 Å². The normalized spacial score (nSPS) is 23.1. The van der Waals surface area contributed by atoms with Crippen LogP contribution in [-0.2, 0) is 28.2 Å². The number of nitrogens with one attached hydrogen (secondary N) is 1. The first kappa shape index (κ1) is 32.4. The number of hydrogen-bond donors (Lipinski definition) is 3. The van der Waals surface area contributed by atoms with Crippen LogP contribution in [0.1, 0.15) is 70.3 Å². The summed E-state index contributed by atoms with van der Waals surface area (Å²) in [5, 5.41) is 24.6. The number of aliphatic hydroxyl groups is 2. The first-order valence-electron chi connectivity index (χ1n) is 15.9. The molecule has 8 heteroatoms. The lowest BCUT2D eigenvalue weighted by Gasteiger charge is -2.45. The number of rotatable bonds is 9. The number of carbonyl (C=O) groups is 1. The number of likely N-dealkylation sites (tertiary alicyclic amines) is 1. The number of nitrogens with zero attached hydrogens (tertiary/aromatic N) is 1. The summed E-state index contributed by atoms with van der Waals surface area (Å²) >= 11 is 6.08. The van der Waals surface area contributed by atoms with Crippen LogP contribution in [0.15, 0.2) is 103 Å². The van der Waals surface area contributed by atoms with E-state index in [1.54, 1.807) is 12.1 Å². The summed E-state index contributed by atoms with van der Waals surface area (Å²) in [6.07, 6.45) is 0.353. The summed E-state index contributed by atoms with van der Waals surface area (Å²) in [4.78, 5) is 14.9. The van der Waals surface area contributed by atoms with Gasteiger partial charge in [-0.05, 0) is 59.4 Å². The lowest BCUT2D eigenvalue weighted by Crippen LogP contribution is -2.49. The van der Waals surface area contributed by atoms with E-state index >= 15 is 0 Å². The van der Waals surface area contributed by atoms with E-state index in [1.807, 2.05) is 91.0 Å². The monoisotopic (exact) mass is 640 g/mol. The van der Waals surface area contributed by atoms with Crippen LogP contribution in [0.25, 0.3) is 0 Å². The molecular formula is C38H41ClN2O5. The van der Waals surface area contributed by atoms with E-state index in [2.05, 4.69) is 17.1 Å². The second kappa shape index (κ2) is 14.5. The van der Waals surface area contributed by atoms with Gasteiger partial charge in [-0.2, -0.15) is 0 Å². The fraction of sp³-hybridized carbons (Fsp3) is 0.342. The van der Waals surface area contributed by atoms with Crippen molar-refractivity contribution in [2.45, 2.75) is 57.0 Å². The molecule has 2 aliphatic heterocycles. The van der Waals surface area contributed by atoms with Gasteiger partial charge in [0.2, 0.25) is 0 Å². The second-order valence-electron chi connectivity index (χ2n) is 12.5. The average Bonchev–Trinajstić information content (AvgIpc) is 3.10. The number of hydrogen-bond acceptors (Lipinski definition) is 6. The van der Waals surface area contributed by atoms with Gasteiger partial charge in [0, 0.05) is 48.2 Å². The van der Waals surface area contributed by atoms with Gasteiger partial charge in [0.15, 0.2) is 6.29 Å². The van der Waals surface area contributed by atoms with E-state index in [0.717, 1.165) is 40.9 Å². The van der Waals surface area contributed by atoms with Crippen molar-refractivity contribution in [3.8, 4) is 0 Å². The molecule has 4 aromatic rings. The van der Waals surface area contributed by atoms with Crippen molar-refractivity contribution in [2.24, 2.45) is 5.92 Å². The van der Waals surface area contributed by atoms with Crippen LogP contribution in [-0.4, -0.2) is 46.8 Å². The molecular weight excluding hydrogens is 600 g/mol. The van der Waals surface area contributed by atoms with E-state index in [9.17, 15) is 15.0 Å². The Morgan fingerprint density at radius 3 is 2.15 bits per heavy atom. The Hall–Kier alpha value is -3.56. The zero-order valence-corrected chi connectivity index (χ0v) is 26.8. The lowest BCUT2D eigenvalue weighted by atomic mass is 9.84. The third-order valence-electron chi connectivity index (χ3n) is 9.37. The third-order valence-corrected chi connectivity index (χ3v) is 9.62. The topological polar surface area (TPSA) is 91.3 Å². The molecule has 0 radical (unpaired) electrons. The van der Waals surface area contributed by atoms with Gasteiger partial charge in [0.25, 0.3) is 5.91 Å². The van der Waals surface area contributed by atoms with Crippen LogP contribution in [0.4, 0.5) is 0 Å². The van der Waals surface area contributed by atoms with Crippen LogP contribution in [0.3, 0.4) is 0 Å². The number of amides is 1. The highest BCUT2D eigenvalue weighted by atomic mass is 35.5. The standard InChI is InChI=1S/C38H41ClN2O5/c1-26-34(24-41-21-19-38(44,20-22-41)32-15-17-33(39)18-16-32)45-37(46-35(26)29-11-9-28(25-42)10-12-29)31-13-7-27(8-14-31)23-40-36(43)30-5-3-2-4-6-30/h2-18,26,34-35,37,42,44H,19-25H2,1H3,(H,40,43)/t26-,34+,35+,37+/m1/s1. The molecule has 240 valence electrons. The van der Waals surface area contributed by atoms with Gasteiger partial charge in [0.05, 0.1) is 24.4 Å². The van der Waals surface area contributed by atoms with Crippen LogP contribution >= 0.6 is 11.6 Å². The largest absolute Gasteiger partial charge is 0.392 e. The summed E-state index contributed by atoms with van der Waals surface area (Å²) in [5.41, 5.74) is 4.44. The summed E-state index contributed by atoms with van der Waals surface area (Å²) in [6, 6.07) is 32.6. The maximum atomic E-state index is 12.5. The van der Waals surface area contributed by atoms with E-state index < -0.39 is 11.9 Å². The minimum absolute atomic E-state index is 0.00873. The highest BCUT2D eigenvalue weighted by molar-refractivity contribution is 6.30. The van der Waals surface area contributed by atoms with Gasteiger partial charge < -0.3 is 29.9 Å². The molecule has 0 bridgehead atoms. The Morgan fingerprint density at radius 2 is 1.50 bits per heavy atom. The summed E-state index contributed by atoms with van der Waals surface area (Å²) in [6.45, 7) is 4.78. The Kier molecular flexibility index (Phi) is 10.2. The number of ether oxygens (including phenoxy) is 2. The van der Waals surface area contributed by atoms with Crippen molar-refractivity contribution in [1.29, 1.82) is 0 Å². The fourth-order valence-electron chi connectivity index (χ4n) is 6.40. The van der Waals surface area contributed by atoms with E-state index in [1.165, 1.54) is 0 Å².